The van der Waals surface area contributed by atoms with Gasteiger partial charge in [0, 0.05) is 11.8 Å². The van der Waals surface area contributed by atoms with E-state index in [1.54, 1.807) is 19.1 Å². The van der Waals surface area contributed by atoms with Crippen molar-refractivity contribution in [2.24, 2.45) is 0 Å². The summed E-state index contributed by atoms with van der Waals surface area (Å²) in [6, 6.07) is 3.06. The second-order valence-electron chi connectivity index (χ2n) is 4.15. The Bertz CT molecular complexity index is 588. The third-order valence-corrected chi connectivity index (χ3v) is 4.02. The first-order valence-electron chi connectivity index (χ1n) is 5.41. The van der Waals surface area contributed by atoms with Crippen molar-refractivity contribution in [2.75, 3.05) is 6.26 Å². The van der Waals surface area contributed by atoms with Crippen LogP contribution in [-0.4, -0.2) is 19.9 Å². The van der Waals surface area contributed by atoms with Crippen LogP contribution >= 0.6 is 11.6 Å². The topological polar surface area (TPSA) is 51.2 Å². The maximum Gasteiger partial charge on any atom is 0.252 e. The zero-order valence-corrected chi connectivity index (χ0v) is 11.9. The SMILES string of the molecule is C=CCCc1cc(C)c(C(=O)Cl)cc1S(C)(=O)=O. The van der Waals surface area contributed by atoms with Gasteiger partial charge in [-0.1, -0.05) is 12.1 Å². The number of hydrogen-bond donors (Lipinski definition) is 0. The summed E-state index contributed by atoms with van der Waals surface area (Å²) in [5.74, 6) is 0. The normalized spacial score (nSPS) is 11.3. The van der Waals surface area contributed by atoms with Crippen molar-refractivity contribution in [1.29, 1.82) is 0 Å². The van der Waals surface area contributed by atoms with Crippen LogP contribution < -0.4 is 0 Å². The first-order valence-corrected chi connectivity index (χ1v) is 7.68. The molecule has 0 aliphatic rings. The molecule has 1 aromatic carbocycles. The zero-order chi connectivity index (χ0) is 13.9. The highest BCUT2D eigenvalue weighted by Gasteiger charge is 2.17. The minimum atomic E-state index is -3.38. The lowest BCUT2D eigenvalue weighted by Gasteiger charge is -2.11. The van der Waals surface area contributed by atoms with E-state index in [0.29, 0.717) is 24.0 Å². The van der Waals surface area contributed by atoms with Crippen LogP contribution in [0.25, 0.3) is 0 Å². The molecule has 98 valence electrons. The summed E-state index contributed by atoms with van der Waals surface area (Å²) < 4.78 is 23.4. The van der Waals surface area contributed by atoms with E-state index in [9.17, 15) is 13.2 Å². The fraction of sp³-hybridized carbons (Fsp3) is 0.308. The Hall–Kier alpha value is -1.13. The lowest BCUT2D eigenvalue weighted by molar-refractivity contribution is 0.108. The molecule has 0 unspecified atom stereocenters. The van der Waals surface area contributed by atoms with Gasteiger partial charge < -0.3 is 0 Å². The number of hydrogen-bond acceptors (Lipinski definition) is 3. The lowest BCUT2D eigenvalue weighted by atomic mass is 10.0. The van der Waals surface area contributed by atoms with Gasteiger partial charge in [0.1, 0.15) is 0 Å². The quantitative estimate of drug-likeness (QED) is 0.618. The average Bonchev–Trinajstić information content (AvgIpc) is 2.23. The van der Waals surface area contributed by atoms with Gasteiger partial charge in [0.15, 0.2) is 9.84 Å². The Morgan fingerprint density at radius 3 is 2.50 bits per heavy atom. The molecule has 0 saturated carbocycles. The van der Waals surface area contributed by atoms with Crippen LogP contribution in [0.3, 0.4) is 0 Å². The maximum atomic E-state index is 11.7. The number of carbonyl (C=O) groups is 1. The summed E-state index contributed by atoms with van der Waals surface area (Å²) in [6.07, 6.45) is 4.10. The molecular formula is C13H15ClO3S. The van der Waals surface area contributed by atoms with Crippen molar-refractivity contribution in [3.8, 4) is 0 Å². The van der Waals surface area contributed by atoms with Crippen molar-refractivity contribution in [3.63, 3.8) is 0 Å². The molecule has 0 saturated heterocycles. The van der Waals surface area contributed by atoms with Gasteiger partial charge in [-0.15, -0.1) is 6.58 Å². The Labute approximate surface area is 112 Å². The molecule has 5 heteroatoms. The molecule has 1 aromatic rings. The molecule has 1 rings (SSSR count). The molecule has 0 atom stereocenters. The third-order valence-electron chi connectivity index (χ3n) is 2.64. The number of benzene rings is 1. The summed E-state index contributed by atoms with van der Waals surface area (Å²) in [5, 5.41) is -0.646. The predicted molar refractivity (Wildman–Crippen MR) is 73.0 cm³/mol. The average molecular weight is 287 g/mol. The van der Waals surface area contributed by atoms with Gasteiger partial charge in [-0.05, 0) is 48.6 Å². The Kier molecular flexibility index (Phi) is 4.71. The summed E-state index contributed by atoms with van der Waals surface area (Å²) >= 11 is 5.44. The van der Waals surface area contributed by atoms with Gasteiger partial charge in [0.2, 0.25) is 0 Å². The monoisotopic (exact) mass is 286 g/mol. The van der Waals surface area contributed by atoms with E-state index in [2.05, 4.69) is 6.58 Å². The van der Waals surface area contributed by atoms with E-state index in [-0.39, 0.29) is 10.5 Å². The number of allylic oxidation sites excluding steroid dienone is 1. The first-order chi connectivity index (χ1) is 8.27. The molecule has 0 aliphatic heterocycles. The molecular weight excluding hydrogens is 272 g/mol. The molecule has 0 spiro atoms. The second kappa shape index (κ2) is 5.67. The fourth-order valence-corrected chi connectivity index (χ4v) is 2.93. The molecule has 0 aliphatic carbocycles. The van der Waals surface area contributed by atoms with E-state index >= 15 is 0 Å². The maximum absolute atomic E-state index is 11.7. The molecule has 0 radical (unpaired) electrons. The van der Waals surface area contributed by atoms with E-state index in [4.69, 9.17) is 11.6 Å². The number of sulfone groups is 1. The zero-order valence-electron chi connectivity index (χ0n) is 10.4. The van der Waals surface area contributed by atoms with E-state index < -0.39 is 15.1 Å². The summed E-state index contributed by atoms with van der Waals surface area (Å²) in [6.45, 7) is 5.35. The summed E-state index contributed by atoms with van der Waals surface area (Å²) in [4.78, 5) is 11.4. The minimum absolute atomic E-state index is 0.166. The van der Waals surface area contributed by atoms with Crippen LogP contribution in [0.15, 0.2) is 29.7 Å². The first kappa shape index (κ1) is 14.9. The van der Waals surface area contributed by atoms with Crippen LogP contribution in [0.2, 0.25) is 0 Å². The van der Waals surface area contributed by atoms with Crippen LogP contribution in [-0.2, 0) is 16.3 Å². The van der Waals surface area contributed by atoms with Crippen molar-refractivity contribution in [3.05, 3.63) is 41.5 Å². The summed E-state index contributed by atoms with van der Waals surface area (Å²) in [7, 11) is -3.38. The molecule has 0 bridgehead atoms. The molecule has 18 heavy (non-hydrogen) atoms. The summed E-state index contributed by atoms with van der Waals surface area (Å²) in [5.41, 5.74) is 1.61. The Morgan fingerprint density at radius 1 is 1.44 bits per heavy atom. The van der Waals surface area contributed by atoms with Crippen molar-refractivity contribution in [1.82, 2.24) is 0 Å². The van der Waals surface area contributed by atoms with Gasteiger partial charge in [-0.25, -0.2) is 8.42 Å². The molecule has 0 aromatic heterocycles. The van der Waals surface area contributed by atoms with Crippen molar-refractivity contribution < 1.29 is 13.2 Å². The molecule has 0 fully saturated rings. The van der Waals surface area contributed by atoms with Gasteiger partial charge in [0.05, 0.1) is 4.90 Å². The van der Waals surface area contributed by atoms with Crippen LogP contribution in [0.1, 0.15) is 27.9 Å². The standard InChI is InChI=1S/C13H15ClO3S/c1-4-5-6-10-7-9(2)11(13(14)15)8-12(10)18(3,16)17/h4,7-8H,1,5-6H2,2-3H3. The van der Waals surface area contributed by atoms with Crippen LogP contribution in [0.5, 0.6) is 0 Å². The van der Waals surface area contributed by atoms with Gasteiger partial charge >= 0.3 is 0 Å². The molecule has 3 nitrogen and oxygen atoms in total. The van der Waals surface area contributed by atoms with Crippen LogP contribution in [0, 0.1) is 6.92 Å². The molecule has 0 N–H and O–H groups in total. The third kappa shape index (κ3) is 3.43. The Balaban J connectivity index is 3.47. The van der Waals surface area contributed by atoms with E-state index in [1.807, 2.05) is 0 Å². The largest absolute Gasteiger partial charge is 0.276 e. The highest BCUT2D eigenvalue weighted by Crippen LogP contribution is 2.23. The molecule has 0 heterocycles. The van der Waals surface area contributed by atoms with Gasteiger partial charge in [-0.2, -0.15) is 0 Å². The fourth-order valence-electron chi connectivity index (χ4n) is 1.76. The number of rotatable bonds is 5. The van der Waals surface area contributed by atoms with E-state index in [1.165, 1.54) is 6.07 Å². The van der Waals surface area contributed by atoms with Crippen LogP contribution in [0.4, 0.5) is 0 Å². The smallest absolute Gasteiger partial charge is 0.252 e. The number of aryl methyl sites for hydroxylation is 2. The highest BCUT2D eigenvalue weighted by atomic mass is 35.5. The second-order valence-corrected chi connectivity index (χ2v) is 6.48. The van der Waals surface area contributed by atoms with Gasteiger partial charge in [0.25, 0.3) is 5.24 Å². The van der Waals surface area contributed by atoms with Crippen molar-refractivity contribution in [2.45, 2.75) is 24.7 Å². The minimum Gasteiger partial charge on any atom is -0.276 e. The number of carbonyl (C=O) groups excluding carboxylic acids is 1. The molecule has 0 amide bonds. The lowest BCUT2D eigenvalue weighted by Crippen LogP contribution is -2.06. The van der Waals surface area contributed by atoms with Gasteiger partial charge in [-0.3, -0.25) is 4.79 Å². The van der Waals surface area contributed by atoms with E-state index in [0.717, 1.165) is 6.26 Å². The number of halogens is 1. The predicted octanol–water partition coefficient (Wildman–Crippen LogP) is 2.90. The van der Waals surface area contributed by atoms with Crippen molar-refractivity contribution >= 4 is 26.7 Å². The Morgan fingerprint density at radius 2 is 2.06 bits per heavy atom. The highest BCUT2D eigenvalue weighted by molar-refractivity contribution is 7.90.